The van der Waals surface area contributed by atoms with E-state index in [-0.39, 0.29) is 18.6 Å². The molecular weight excluding hydrogens is 284 g/mol. The van der Waals surface area contributed by atoms with Gasteiger partial charge in [-0.3, -0.25) is 9.69 Å². The Bertz CT molecular complexity index is 422. The third-order valence-electron chi connectivity index (χ3n) is 4.05. The van der Waals surface area contributed by atoms with Gasteiger partial charge in [0, 0.05) is 18.0 Å². The fourth-order valence-electron chi connectivity index (χ4n) is 2.92. The largest absolute Gasteiger partial charge is 0.395 e. The molecule has 1 amide bonds. The van der Waals surface area contributed by atoms with Crippen LogP contribution in [0.4, 0.5) is 0 Å². The first-order valence-corrected chi connectivity index (χ1v) is 8.80. The van der Waals surface area contributed by atoms with Crippen LogP contribution in [0.25, 0.3) is 0 Å². The molecule has 2 heterocycles. The number of carbonyl (C=O) groups excluding carboxylic acids is 1. The molecule has 1 aliphatic rings. The monoisotopic (exact) mass is 310 g/mol. The van der Waals surface area contributed by atoms with Crippen LogP contribution in [0.3, 0.4) is 0 Å². The number of rotatable bonds is 8. The van der Waals surface area contributed by atoms with Crippen LogP contribution in [0.15, 0.2) is 17.5 Å². The molecule has 1 aromatic rings. The van der Waals surface area contributed by atoms with Gasteiger partial charge in [-0.05, 0) is 37.3 Å². The summed E-state index contributed by atoms with van der Waals surface area (Å²) in [5, 5.41) is 11.2. The summed E-state index contributed by atoms with van der Waals surface area (Å²) < 4.78 is 0. The van der Waals surface area contributed by atoms with E-state index in [0.29, 0.717) is 13.1 Å². The van der Waals surface area contributed by atoms with Gasteiger partial charge in [0.15, 0.2) is 0 Å². The molecule has 21 heavy (non-hydrogen) atoms. The molecule has 0 radical (unpaired) electrons. The molecule has 0 unspecified atom stereocenters. The minimum absolute atomic E-state index is 0.116. The molecule has 0 aromatic carbocycles. The van der Waals surface area contributed by atoms with Crippen LogP contribution in [0.2, 0.25) is 0 Å². The number of unbranched alkanes of at least 4 members (excludes halogenated alkanes) is 1. The maximum Gasteiger partial charge on any atom is 0.237 e. The van der Waals surface area contributed by atoms with Crippen molar-refractivity contribution < 1.29 is 9.90 Å². The van der Waals surface area contributed by atoms with Crippen molar-refractivity contribution in [1.82, 2.24) is 9.80 Å². The first-order chi connectivity index (χ1) is 10.3. The summed E-state index contributed by atoms with van der Waals surface area (Å²) in [5.74, 6) is 0.204. The normalized spacial score (nSPS) is 18.6. The average molecular weight is 310 g/mol. The zero-order valence-corrected chi connectivity index (χ0v) is 13.6. The van der Waals surface area contributed by atoms with Gasteiger partial charge in [0.25, 0.3) is 0 Å². The number of hydrogen-bond acceptors (Lipinski definition) is 4. The maximum atomic E-state index is 12.6. The number of aliphatic hydroxyl groups is 1. The van der Waals surface area contributed by atoms with E-state index in [1.807, 2.05) is 4.90 Å². The maximum absolute atomic E-state index is 12.6. The van der Waals surface area contributed by atoms with Gasteiger partial charge in [-0.1, -0.05) is 19.4 Å². The SMILES string of the molecule is CCCCN(CCO)CC(=O)N1CCC[C@@H]1c1cccs1. The first-order valence-electron chi connectivity index (χ1n) is 7.92. The Morgan fingerprint density at radius 3 is 3.05 bits per heavy atom. The third-order valence-corrected chi connectivity index (χ3v) is 5.02. The number of amides is 1. The standard InChI is InChI=1S/C16H26N2O2S/c1-2-3-8-17(10-11-19)13-16(20)18-9-4-6-14(18)15-7-5-12-21-15/h5,7,12,14,19H,2-4,6,8-11,13H2,1H3/t14-/m1/s1. The molecule has 1 aliphatic heterocycles. The summed E-state index contributed by atoms with van der Waals surface area (Å²) >= 11 is 1.74. The average Bonchev–Trinajstić information content (AvgIpc) is 3.14. The highest BCUT2D eigenvalue weighted by atomic mass is 32.1. The van der Waals surface area contributed by atoms with Gasteiger partial charge in [-0.25, -0.2) is 0 Å². The van der Waals surface area contributed by atoms with Crippen LogP contribution in [0, 0.1) is 0 Å². The lowest BCUT2D eigenvalue weighted by Crippen LogP contribution is -2.41. The number of aliphatic hydroxyl groups excluding tert-OH is 1. The van der Waals surface area contributed by atoms with E-state index in [1.54, 1.807) is 11.3 Å². The van der Waals surface area contributed by atoms with Crippen LogP contribution in [-0.4, -0.2) is 53.6 Å². The minimum Gasteiger partial charge on any atom is -0.395 e. The molecule has 1 saturated heterocycles. The Kier molecular flexibility index (Phi) is 6.67. The van der Waals surface area contributed by atoms with Gasteiger partial charge in [0.05, 0.1) is 19.2 Å². The highest BCUT2D eigenvalue weighted by Gasteiger charge is 2.31. The van der Waals surface area contributed by atoms with Crippen LogP contribution >= 0.6 is 11.3 Å². The molecule has 0 aliphatic carbocycles. The second kappa shape index (κ2) is 8.51. The summed E-state index contributed by atoms with van der Waals surface area (Å²) in [6.07, 6.45) is 4.34. The lowest BCUT2D eigenvalue weighted by molar-refractivity contribution is -0.133. The molecule has 0 bridgehead atoms. The van der Waals surface area contributed by atoms with E-state index in [4.69, 9.17) is 5.11 Å². The molecule has 1 aromatic heterocycles. The lowest BCUT2D eigenvalue weighted by atomic mass is 10.2. The quantitative estimate of drug-likeness (QED) is 0.802. The highest BCUT2D eigenvalue weighted by Crippen LogP contribution is 2.34. The van der Waals surface area contributed by atoms with Crippen molar-refractivity contribution in [3.05, 3.63) is 22.4 Å². The van der Waals surface area contributed by atoms with E-state index in [0.717, 1.165) is 38.8 Å². The lowest BCUT2D eigenvalue weighted by Gasteiger charge is -2.28. The Hall–Kier alpha value is -0.910. The topological polar surface area (TPSA) is 43.8 Å². The van der Waals surface area contributed by atoms with Crippen molar-refractivity contribution in [2.24, 2.45) is 0 Å². The molecule has 4 nitrogen and oxygen atoms in total. The molecule has 1 atom stereocenters. The zero-order chi connectivity index (χ0) is 15.1. The smallest absolute Gasteiger partial charge is 0.237 e. The summed E-state index contributed by atoms with van der Waals surface area (Å²) in [7, 11) is 0. The summed E-state index contributed by atoms with van der Waals surface area (Å²) in [6.45, 7) is 5.03. The van der Waals surface area contributed by atoms with Crippen LogP contribution in [0.1, 0.15) is 43.5 Å². The van der Waals surface area contributed by atoms with Crippen LogP contribution in [-0.2, 0) is 4.79 Å². The highest BCUT2D eigenvalue weighted by molar-refractivity contribution is 7.10. The number of nitrogens with zero attached hydrogens (tertiary/aromatic N) is 2. The van der Waals surface area contributed by atoms with Crippen molar-refractivity contribution in [3.63, 3.8) is 0 Å². The van der Waals surface area contributed by atoms with Gasteiger partial charge in [0.2, 0.25) is 5.91 Å². The first kappa shape index (κ1) is 16.5. The van der Waals surface area contributed by atoms with Crippen molar-refractivity contribution in [2.75, 3.05) is 32.8 Å². The second-order valence-electron chi connectivity index (χ2n) is 5.61. The Labute approximate surface area is 131 Å². The number of thiophene rings is 1. The summed E-state index contributed by atoms with van der Waals surface area (Å²) in [6, 6.07) is 4.45. The van der Waals surface area contributed by atoms with E-state index < -0.39 is 0 Å². The fraction of sp³-hybridized carbons (Fsp3) is 0.688. The molecule has 2 rings (SSSR count). The van der Waals surface area contributed by atoms with Crippen molar-refractivity contribution in [3.8, 4) is 0 Å². The molecule has 0 saturated carbocycles. The molecule has 1 N–H and O–H groups in total. The number of hydrogen-bond donors (Lipinski definition) is 1. The predicted octanol–water partition coefficient (Wildman–Crippen LogP) is 2.51. The van der Waals surface area contributed by atoms with Gasteiger partial charge in [-0.2, -0.15) is 0 Å². The minimum atomic E-state index is 0.116. The summed E-state index contributed by atoms with van der Waals surface area (Å²) in [5.41, 5.74) is 0. The Balaban J connectivity index is 1.94. The Morgan fingerprint density at radius 2 is 2.38 bits per heavy atom. The van der Waals surface area contributed by atoms with E-state index in [9.17, 15) is 4.79 Å². The van der Waals surface area contributed by atoms with Crippen molar-refractivity contribution >= 4 is 17.2 Å². The van der Waals surface area contributed by atoms with Crippen molar-refractivity contribution in [1.29, 1.82) is 0 Å². The fourth-order valence-corrected chi connectivity index (χ4v) is 3.79. The number of likely N-dealkylation sites (tertiary alicyclic amines) is 1. The van der Waals surface area contributed by atoms with Crippen LogP contribution < -0.4 is 0 Å². The van der Waals surface area contributed by atoms with Gasteiger partial charge in [-0.15, -0.1) is 11.3 Å². The Morgan fingerprint density at radius 1 is 1.52 bits per heavy atom. The molecule has 0 spiro atoms. The predicted molar refractivity (Wildman–Crippen MR) is 86.4 cm³/mol. The van der Waals surface area contributed by atoms with E-state index >= 15 is 0 Å². The number of carbonyl (C=O) groups is 1. The molecule has 5 heteroatoms. The molecule has 118 valence electrons. The van der Waals surface area contributed by atoms with Gasteiger partial charge in [0.1, 0.15) is 0 Å². The van der Waals surface area contributed by atoms with Crippen LogP contribution in [0.5, 0.6) is 0 Å². The van der Waals surface area contributed by atoms with Gasteiger partial charge >= 0.3 is 0 Å². The zero-order valence-electron chi connectivity index (χ0n) is 12.8. The van der Waals surface area contributed by atoms with E-state index in [2.05, 4.69) is 29.3 Å². The third kappa shape index (κ3) is 4.53. The molecule has 1 fully saturated rings. The van der Waals surface area contributed by atoms with Gasteiger partial charge < -0.3 is 10.0 Å². The van der Waals surface area contributed by atoms with E-state index in [1.165, 1.54) is 4.88 Å². The molecular formula is C16H26N2O2S. The van der Waals surface area contributed by atoms with Crippen molar-refractivity contribution in [2.45, 2.75) is 38.6 Å². The summed E-state index contributed by atoms with van der Waals surface area (Å²) in [4.78, 5) is 18.0. The second-order valence-corrected chi connectivity index (χ2v) is 6.59.